The van der Waals surface area contributed by atoms with Gasteiger partial charge in [-0.15, -0.1) is 0 Å². The topological polar surface area (TPSA) is 78.9 Å². The summed E-state index contributed by atoms with van der Waals surface area (Å²) in [5.41, 5.74) is 0. The fourth-order valence-electron chi connectivity index (χ4n) is 9.26. The number of esters is 3. The van der Waals surface area contributed by atoms with Crippen molar-refractivity contribution in [1.82, 2.24) is 0 Å². The second-order valence-electron chi connectivity index (χ2n) is 21.0. The molecule has 0 fully saturated rings. The molecule has 0 bridgehead atoms. The summed E-state index contributed by atoms with van der Waals surface area (Å²) in [5.74, 6) is -0.867. The van der Waals surface area contributed by atoms with Crippen LogP contribution in [0.2, 0.25) is 0 Å². The Bertz CT molecular complexity index is 1110. The molecule has 0 aliphatic carbocycles. The van der Waals surface area contributed by atoms with Crippen molar-refractivity contribution in [2.45, 2.75) is 348 Å². The quantitative estimate of drug-likeness (QED) is 0.0261. The maximum Gasteiger partial charge on any atom is 0.306 e. The molecular weight excluding hydrogens is 853 g/mol. The summed E-state index contributed by atoms with van der Waals surface area (Å²) >= 11 is 0. The molecule has 0 N–H and O–H groups in total. The van der Waals surface area contributed by atoms with Gasteiger partial charge in [0.1, 0.15) is 13.2 Å². The van der Waals surface area contributed by atoms with Crippen molar-refractivity contribution >= 4 is 17.9 Å². The molecule has 0 aliphatic heterocycles. The zero-order chi connectivity index (χ0) is 50.0. The molecule has 0 rings (SSSR count). The van der Waals surface area contributed by atoms with Gasteiger partial charge in [0.15, 0.2) is 6.10 Å². The van der Waals surface area contributed by atoms with Gasteiger partial charge in [0, 0.05) is 19.3 Å². The number of hydrogen-bond acceptors (Lipinski definition) is 6. The first-order valence-electron chi connectivity index (χ1n) is 30.8. The van der Waals surface area contributed by atoms with E-state index in [1.807, 2.05) is 0 Å². The Morgan fingerprint density at radius 3 is 0.725 bits per heavy atom. The SMILES string of the molecule is CCCCCCCC/C=C\CCCCCCCC(=O)OCC(COC(=O)CCCCCCCCCCCCCCCCCCCCCCC)OC(=O)CCCCCCC/C=C\CCCCCCCC. The van der Waals surface area contributed by atoms with E-state index in [1.165, 1.54) is 231 Å². The number of unbranched alkanes of at least 4 members (excludes halogenated alkanes) is 42. The number of allylic oxidation sites excluding steroid dienone is 4. The zero-order valence-electron chi connectivity index (χ0n) is 46.6. The van der Waals surface area contributed by atoms with E-state index in [0.717, 1.165) is 70.6 Å². The van der Waals surface area contributed by atoms with Crippen LogP contribution < -0.4 is 0 Å². The van der Waals surface area contributed by atoms with E-state index in [9.17, 15) is 14.4 Å². The fourth-order valence-corrected chi connectivity index (χ4v) is 9.26. The summed E-state index contributed by atoms with van der Waals surface area (Å²) < 4.78 is 16.9. The highest BCUT2D eigenvalue weighted by atomic mass is 16.6. The van der Waals surface area contributed by atoms with Gasteiger partial charge in [0.25, 0.3) is 0 Å². The molecule has 6 nitrogen and oxygen atoms in total. The molecule has 0 saturated heterocycles. The summed E-state index contributed by atoms with van der Waals surface area (Å²) in [7, 11) is 0. The van der Waals surface area contributed by atoms with Crippen LogP contribution in [-0.2, 0) is 28.6 Å². The van der Waals surface area contributed by atoms with E-state index in [1.54, 1.807) is 0 Å². The minimum absolute atomic E-state index is 0.0725. The fraction of sp³-hybridized carbons (Fsp3) is 0.889. The standard InChI is InChI=1S/C63H118O6/c1-4-7-10-13-16-19-22-25-28-29-30-31-32-33-36-38-41-44-47-50-53-56-62(65)68-59-60(69-63(66)57-54-51-48-45-42-39-35-27-24-21-18-15-12-9-6-3)58-67-61(64)55-52-49-46-43-40-37-34-26-23-20-17-14-11-8-5-2/h26-27,34-35,60H,4-25,28-33,36-59H2,1-3H3/b34-26-,35-27-. The largest absolute Gasteiger partial charge is 0.462 e. The molecule has 69 heavy (non-hydrogen) atoms. The number of carbonyl (C=O) groups is 3. The minimum atomic E-state index is -0.776. The maximum atomic E-state index is 12.9. The van der Waals surface area contributed by atoms with E-state index < -0.39 is 6.10 Å². The van der Waals surface area contributed by atoms with Gasteiger partial charge in [-0.2, -0.15) is 0 Å². The van der Waals surface area contributed by atoms with Crippen LogP contribution in [0.3, 0.4) is 0 Å². The van der Waals surface area contributed by atoms with Crippen molar-refractivity contribution < 1.29 is 28.6 Å². The van der Waals surface area contributed by atoms with Gasteiger partial charge in [0.05, 0.1) is 0 Å². The molecule has 0 radical (unpaired) electrons. The van der Waals surface area contributed by atoms with E-state index in [0.29, 0.717) is 19.3 Å². The van der Waals surface area contributed by atoms with Crippen LogP contribution in [0.15, 0.2) is 24.3 Å². The molecule has 0 heterocycles. The lowest BCUT2D eigenvalue weighted by atomic mass is 10.0. The van der Waals surface area contributed by atoms with Gasteiger partial charge in [0.2, 0.25) is 0 Å². The number of rotatable bonds is 57. The molecule has 0 aromatic rings. The van der Waals surface area contributed by atoms with Gasteiger partial charge in [-0.05, 0) is 70.6 Å². The third kappa shape index (κ3) is 56.7. The molecule has 0 amide bonds. The van der Waals surface area contributed by atoms with Crippen LogP contribution in [0, 0.1) is 0 Å². The smallest absolute Gasteiger partial charge is 0.306 e. The first kappa shape index (κ1) is 66.9. The van der Waals surface area contributed by atoms with E-state index in [4.69, 9.17) is 14.2 Å². The zero-order valence-corrected chi connectivity index (χ0v) is 46.6. The highest BCUT2D eigenvalue weighted by molar-refractivity contribution is 5.71. The Hall–Kier alpha value is -2.11. The summed E-state index contributed by atoms with van der Waals surface area (Å²) in [6, 6.07) is 0. The predicted octanol–water partition coefficient (Wildman–Crippen LogP) is 20.7. The van der Waals surface area contributed by atoms with E-state index in [2.05, 4.69) is 45.1 Å². The van der Waals surface area contributed by atoms with Crippen molar-refractivity contribution in [3.8, 4) is 0 Å². The Balaban J connectivity index is 4.30. The summed E-state index contributed by atoms with van der Waals surface area (Å²) in [6.07, 6.45) is 68.9. The van der Waals surface area contributed by atoms with Crippen LogP contribution in [0.4, 0.5) is 0 Å². The Labute approximate surface area is 430 Å². The molecular formula is C63H118O6. The van der Waals surface area contributed by atoms with Crippen LogP contribution in [0.1, 0.15) is 342 Å². The first-order valence-corrected chi connectivity index (χ1v) is 30.8. The second-order valence-corrected chi connectivity index (χ2v) is 21.0. The average molecular weight is 972 g/mol. The van der Waals surface area contributed by atoms with Gasteiger partial charge in [-0.25, -0.2) is 0 Å². The number of carbonyl (C=O) groups excluding carboxylic acids is 3. The van der Waals surface area contributed by atoms with Crippen molar-refractivity contribution in [1.29, 1.82) is 0 Å². The molecule has 0 aliphatic rings. The Kier molecular flexibility index (Phi) is 56.7. The lowest BCUT2D eigenvalue weighted by molar-refractivity contribution is -0.167. The summed E-state index contributed by atoms with van der Waals surface area (Å²) in [5, 5.41) is 0. The molecule has 1 unspecified atom stereocenters. The molecule has 6 heteroatoms. The third-order valence-electron chi connectivity index (χ3n) is 13.9. The number of hydrogen-bond donors (Lipinski definition) is 0. The highest BCUT2D eigenvalue weighted by Gasteiger charge is 2.19. The predicted molar refractivity (Wildman–Crippen MR) is 298 cm³/mol. The third-order valence-corrected chi connectivity index (χ3v) is 13.9. The van der Waals surface area contributed by atoms with Gasteiger partial charge >= 0.3 is 17.9 Å². The van der Waals surface area contributed by atoms with E-state index >= 15 is 0 Å². The Morgan fingerprint density at radius 2 is 0.478 bits per heavy atom. The minimum Gasteiger partial charge on any atom is -0.462 e. The molecule has 0 aromatic carbocycles. The van der Waals surface area contributed by atoms with Gasteiger partial charge < -0.3 is 14.2 Å². The van der Waals surface area contributed by atoms with E-state index in [-0.39, 0.29) is 31.1 Å². The molecule has 1 atom stereocenters. The molecule has 0 aromatic heterocycles. The lowest BCUT2D eigenvalue weighted by Gasteiger charge is -2.18. The summed E-state index contributed by atoms with van der Waals surface area (Å²) in [6.45, 7) is 6.67. The monoisotopic (exact) mass is 971 g/mol. The highest BCUT2D eigenvalue weighted by Crippen LogP contribution is 2.17. The molecule has 0 saturated carbocycles. The van der Waals surface area contributed by atoms with Crippen molar-refractivity contribution in [2.75, 3.05) is 13.2 Å². The lowest BCUT2D eigenvalue weighted by Crippen LogP contribution is -2.30. The molecule has 0 spiro atoms. The van der Waals surface area contributed by atoms with Crippen molar-refractivity contribution in [2.24, 2.45) is 0 Å². The van der Waals surface area contributed by atoms with Crippen LogP contribution >= 0.6 is 0 Å². The summed E-state index contributed by atoms with van der Waals surface area (Å²) in [4.78, 5) is 38.2. The Morgan fingerprint density at radius 1 is 0.275 bits per heavy atom. The average Bonchev–Trinajstić information content (AvgIpc) is 3.35. The first-order chi connectivity index (χ1) is 34.0. The van der Waals surface area contributed by atoms with Gasteiger partial charge in [-0.1, -0.05) is 276 Å². The van der Waals surface area contributed by atoms with Crippen molar-refractivity contribution in [3.05, 3.63) is 24.3 Å². The normalized spacial score (nSPS) is 12.1. The van der Waals surface area contributed by atoms with Crippen LogP contribution in [-0.4, -0.2) is 37.2 Å². The van der Waals surface area contributed by atoms with Gasteiger partial charge in [-0.3, -0.25) is 14.4 Å². The number of ether oxygens (including phenoxy) is 3. The van der Waals surface area contributed by atoms with Crippen LogP contribution in [0.5, 0.6) is 0 Å². The van der Waals surface area contributed by atoms with Crippen LogP contribution in [0.25, 0.3) is 0 Å². The molecule has 406 valence electrons. The van der Waals surface area contributed by atoms with Crippen molar-refractivity contribution in [3.63, 3.8) is 0 Å². The maximum absolute atomic E-state index is 12.9. The second kappa shape index (κ2) is 58.5.